The molecule has 6 nitrogen and oxygen atoms in total. The molecule has 4 rings (SSSR count). The highest BCUT2D eigenvalue weighted by molar-refractivity contribution is 7.13. The maximum atomic E-state index is 12.8. The Hall–Kier alpha value is -2.41. The summed E-state index contributed by atoms with van der Waals surface area (Å²) in [6, 6.07) is 5.92. The van der Waals surface area contributed by atoms with E-state index in [1.807, 2.05) is 35.5 Å². The second-order valence-corrected chi connectivity index (χ2v) is 6.93. The number of rotatable bonds is 3. The molecule has 0 aliphatic carbocycles. The van der Waals surface area contributed by atoms with E-state index in [0.29, 0.717) is 18.0 Å². The third kappa shape index (κ3) is 2.75. The Kier molecular flexibility index (Phi) is 3.93. The Morgan fingerprint density at radius 3 is 3.12 bits per heavy atom. The van der Waals surface area contributed by atoms with Crippen LogP contribution in [0, 0.1) is 6.92 Å². The molecule has 0 aromatic carbocycles. The van der Waals surface area contributed by atoms with E-state index in [9.17, 15) is 4.79 Å². The fraction of sp³-hybridized carbons (Fsp3) is 0.353. The van der Waals surface area contributed by atoms with Crippen LogP contribution in [0.1, 0.15) is 35.2 Å². The fourth-order valence-electron chi connectivity index (χ4n) is 3.21. The number of hydrogen-bond donors (Lipinski definition) is 0. The Morgan fingerprint density at radius 1 is 1.46 bits per heavy atom. The van der Waals surface area contributed by atoms with E-state index in [2.05, 4.69) is 14.7 Å². The van der Waals surface area contributed by atoms with E-state index in [1.165, 1.54) is 0 Å². The molecule has 3 aromatic heterocycles. The van der Waals surface area contributed by atoms with Crippen molar-refractivity contribution in [3.05, 3.63) is 47.5 Å². The number of amides is 1. The van der Waals surface area contributed by atoms with E-state index in [0.717, 1.165) is 30.1 Å². The summed E-state index contributed by atoms with van der Waals surface area (Å²) >= 11 is 1.57. The van der Waals surface area contributed by atoms with Crippen molar-refractivity contribution >= 4 is 17.2 Å². The lowest BCUT2D eigenvalue weighted by Gasteiger charge is -2.33. The zero-order valence-electron chi connectivity index (χ0n) is 13.4. The molecular formula is C17H18N4O2S. The van der Waals surface area contributed by atoms with Gasteiger partial charge in [0.2, 0.25) is 0 Å². The van der Waals surface area contributed by atoms with Gasteiger partial charge >= 0.3 is 0 Å². The SMILES string of the molecule is Cc1nccn1C1CCCN(C(=O)c2cc(-c3cccs3)on2)C1. The molecule has 1 unspecified atom stereocenters. The summed E-state index contributed by atoms with van der Waals surface area (Å²) in [5, 5.41) is 5.95. The second-order valence-electron chi connectivity index (χ2n) is 5.98. The van der Waals surface area contributed by atoms with Crippen LogP contribution in [0.2, 0.25) is 0 Å². The molecule has 124 valence electrons. The number of imidazole rings is 1. The van der Waals surface area contributed by atoms with Crippen LogP contribution in [0.3, 0.4) is 0 Å². The second kappa shape index (κ2) is 6.24. The molecule has 1 atom stereocenters. The van der Waals surface area contributed by atoms with Crippen molar-refractivity contribution in [1.82, 2.24) is 19.6 Å². The Bertz CT molecular complexity index is 837. The minimum Gasteiger partial charge on any atom is -0.355 e. The minimum absolute atomic E-state index is 0.0657. The summed E-state index contributed by atoms with van der Waals surface area (Å²) in [7, 11) is 0. The fourth-order valence-corrected chi connectivity index (χ4v) is 3.89. The monoisotopic (exact) mass is 342 g/mol. The molecule has 1 aliphatic rings. The van der Waals surface area contributed by atoms with Crippen molar-refractivity contribution in [3.8, 4) is 10.6 Å². The Labute approximate surface area is 143 Å². The average Bonchev–Trinajstić information content (AvgIpc) is 3.35. The number of piperidine rings is 1. The van der Waals surface area contributed by atoms with Gasteiger partial charge in [-0.05, 0) is 31.2 Å². The van der Waals surface area contributed by atoms with Gasteiger partial charge in [0.05, 0.1) is 10.9 Å². The number of carbonyl (C=O) groups is 1. The van der Waals surface area contributed by atoms with Gasteiger partial charge in [-0.2, -0.15) is 0 Å². The topological polar surface area (TPSA) is 64.2 Å². The molecule has 4 heterocycles. The average molecular weight is 342 g/mol. The number of aromatic nitrogens is 3. The molecule has 7 heteroatoms. The summed E-state index contributed by atoms with van der Waals surface area (Å²) in [4.78, 5) is 19.9. The summed E-state index contributed by atoms with van der Waals surface area (Å²) in [5.74, 6) is 1.56. The molecule has 1 amide bonds. The first-order valence-electron chi connectivity index (χ1n) is 8.01. The van der Waals surface area contributed by atoms with Crippen LogP contribution in [0.25, 0.3) is 10.6 Å². The highest BCUT2D eigenvalue weighted by Gasteiger charge is 2.28. The Morgan fingerprint density at radius 2 is 2.38 bits per heavy atom. The number of carbonyl (C=O) groups excluding carboxylic acids is 1. The molecule has 0 bridgehead atoms. The van der Waals surface area contributed by atoms with Crippen molar-refractivity contribution < 1.29 is 9.32 Å². The normalized spacial score (nSPS) is 18.0. The van der Waals surface area contributed by atoms with Gasteiger partial charge in [0.15, 0.2) is 11.5 Å². The number of aryl methyl sites for hydroxylation is 1. The first-order chi connectivity index (χ1) is 11.7. The van der Waals surface area contributed by atoms with Crippen molar-refractivity contribution in [3.63, 3.8) is 0 Å². The molecule has 0 N–H and O–H groups in total. The van der Waals surface area contributed by atoms with Gasteiger partial charge in [0.25, 0.3) is 5.91 Å². The first-order valence-corrected chi connectivity index (χ1v) is 8.89. The predicted molar refractivity (Wildman–Crippen MR) is 91.0 cm³/mol. The van der Waals surface area contributed by atoms with E-state index in [-0.39, 0.29) is 11.9 Å². The maximum Gasteiger partial charge on any atom is 0.276 e. The molecule has 1 fully saturated rings. The molecule has 0 radical (unpaired) electrons. The standard InChI is InChI=1S/C17H18N4O2S/c1-12-18-6-8-21(12)13-4-2-7-20(11-13)17(22)14-10-15(23-19-14)16-5-3-9-24-16/h3,5-6,8-10,13H,2,4,7,11H2,1H3. The third-order valence-corrected chi connectivity index (χ3v) is 5.32. The maximum absolute atomic E-state index is 12.8. The number of likely N-dealkylation sites (tertiary alicyclic amines) is 1. The highest BCUT2D eigenvalue weighted by atomic mass is 32.1. The van der Waals surface area contributed by atoms with Crippen LogP contribution in [-0.4, -0.2) is 38.6 Å². The van der Waals surface area contributed by atoms with Crippen molar-refractivity contribution in [2.45, 2.75) is 25.8 Å². The van der Waals surface area contributed by atoms with Crippen molar-refractivity contribution in [1.29, 1.82) is 0 Å². The van der Waals surface area contributed by atoms with Crippen LogP contribution in [-0.2, 0) is 0 Å². The number of thiophene rings is 1. The van der Waals surface area contributed by atoms with Gasteiger partial charge in [-0.25, -0.2) is 4.98 Å². The van der Waals surface area contributed by atoms with Crippen LogP contribution < -0.4 is 0 Å². The van der Waals surface area contributed by atoms with E-state index in [4.69, 9.17) is 4.52 Å². The number of nitrogens with zero attached hydrogens (tertiary/aromatic N) is 4. The Balaban J connectivity index is 1.51. The van der Waals surface area contributed by atoms with E-state index in [1.54, 1.807) is 23.6 Å². The van der Waals surface area contributed by atoms with Gasteiger partial charge in [0.1, 0.15) is 5.82 Å². The van der Waals surface area contributed by atoms with Crippen molar-refractivity contribution in [2.75, 3.05) is 13.1 Å². The first kappa shape index (κ1) is 15.1. The molecular weight excluding hydrogens is 324 g/mol. The van der Waals surface area contributed by atoms with E-state index >= 15 is 0 Å². The van der Waals surface area contributed by atoms with Gasteiger partial charge in [-0.1, -0.05) is 11.2 Å². The lowest BCUT2D eigenvalue weighted by molar-refractivity contribution is 0.0668. The number of hydrogen-bond acceptors (Lipinski definition) is 5. The summed E-state index contributed by atoms with van der Waals surface area (Å²) in [6.45, 7) is 3.42. The van der Waals surface area contributed by atoms with Crippen LogP contribution in [0.5, 0.6) is 0 Å². The summed E-state index contributed by atoms with van der Waals surface area (Å²) in [5.41, 5.74) is 0.376. The molecule has 1 aliphatic heterocycles. The smallest absolute Gasteiger partial charge is 0.276 e. The zero-order chi connectivity index (χ0) is 16.5. The van der Waals surface area contributed by atoms with Gasteiger partial charge < -0.3 is 14.0 Å². The zero-order valence-corrected chi connectivity index (χ0v) is 14.2. The van der Waals surface area contributed by atoms with Crippen LogP contribution >= 0.6 is 11.3 Å². The lowest BCUT2D eigenvalue weighted by atomic mass is 10.0. The molecule has 1 saturated heterocycles. The molecule has 0 saturated carbocycles. The van der Waals surface area contributed by atoms with Gasteiger partial charge in [-0.3, -0.25) is 4.79 Å². The quantitative estimate of drug-likeness (QED) is 0.732. The summed E-state index contributed by atoms with van der Waals surface area (Å²) < 4.78 is 7.49. The van der Waals surface area contributed by atoms with Crippen molar-refractivity contribution in [2.24, 2.45) is 0 Å². The van der Waals surface area contributed by atoms with Crippen LogP contribution in [0.4, 0.5) is 0 Å². The van der Waals surface area contributed by atoms with E-state index < -0.39 is 0 Å². The van der Waals surface area contributed by atoms with Gasteiger partial charge in [0, 0.05) is 31.5 Å². The molecule has 0 spiro atoms. The largest absolute Gasteiger partial charge is 0.355 e. The third-order valence-electron chi connectivity index (χ3n) is 4.43. The predicted octanol–water partition coefficient (Wildman–Crippen LogP) is 3.39. The lowest BCUT2D eigenvalue weighted by Crippen LogP contribution is -2.40. The highest BCUT2D eigenvalue weighted by Crippen LogP contribution is 2.27. The minimum atomic E-state index is -0.0657. The van der Waals surface area contributed by atoms with Crippen LogP contribution in [0.15, 0.2) is 40.5 Å². The summed E-state index contributed by atoms with van der Waals surface area (Å²) in [6.07, 6.45) is 5.82. The van der Waals surface area contributed by atoms with Gasteiger partial charge in [-0.15, -0.1) is 11.3 Å². The molecule has 24 heavy (non-hydrogen) atoms. The molecule has 3 aromatic rings.